The number of hydrogen-bond acceptors (Lipinski definition) is 5. The van der Waals surface area contributed by atoms with Crippen LogP contribution in [0.15, 0.2) is 23.1 Å². The Morgan fingerprint density at radius 2 is 1.92 bits per heavy atom. The van der Waals surface area contributed by atoms with Gasteiger partial charge in [0.1, 0.15) is 0 Å². The summed E-state index contributed by atoms with van der Waals surface area (Å²) in [6, 6.07) is 6.12. The molecule has 1 atom stereocenters. The van der Waals surface area contributed by atoms with Gasteiger partial charge < -0.3 is 20.5 Å². The number of nitrogens with two attached hydrogens (primary N) is 1. The zero-order valence-electron chi connectivity index (χ0n) is 15.4. The largest absolute Gasteiger partial charge is 0.490 e. The Kier molecular flexibility index (Phi) is 7.50. The second-order valence-electron chi connectivity index (χ2n) is 7.07. The number of nitrogens with one attached hydrogen (secondary N) is 1. The fraction of sp³-hybridized carbons (Fsp3) is 0.650. The van der Waals surface area contributed by atoms with E-state index in [2.05, 4.69) is 5.32 Å². The van der Waals surface area contributed by atoms with Gasteiger partial charge in [-0.15, -0.1) is 11.8 Å². The second-order valence-corrected chi connectivity index (χ2v) is 8.23. The van der Waals surface area contributed by atoms with E-state index >= 15 is 0 Å². The fourth-order valence-electron chi connectivity index (χ4n) is 3.68. The van der Waals surface area contributed by atoms with E-state index in [1.54, 1.807) is 11.8 Å². The topological polar surface area (TPSA) is 73.6 Å². The van der Waals surface area contributed by atoms with Crippen LogP contribution in [0, 0.1) is 5.92 Å². The molecule has 1 aliphatic heterocycles. The number of carbonyl (C=O) groups is 1. The van der Waals surface area contributed by atoms with Crippen molar-refractivity contribution in [3.8, 4) is 11.5 Å². The summed E-state index contributed by atoms with van der Waals surface area (Å²) in [6.45, 7) is 1.92. The Hall–Kier alpha value is -1.40. The van der Waals surface area contributed by atoms with Gasteiger partial charge in [0.15, 0.2) is 11.5 Å². The Bertz CT molecular complexity index is 590. The SMILES string of the molecule is NCC(NC(=O)CCSc1ccc2c(c1)OCCCO2)C1CCCCC1. The van der Waals surface area contributed by atoms with Crippen LogP contribution in [-0.2, 0) is 4.79 Å². The molecule has 1 aromatic rings. The standard InChI is InChI=1S/C20H30N2O3S/c21-14-17(15-5-2-1-3-6-15)22-20(23)9-12-26-16-7-8-18-19(13-16)25-11-4-10-24-18/h7-8,13,15,17H,1-6,9-12,14,21H2,(H,22,23). The van der Waals surface area contributed by atoms with E-state index in [1.165, 1.54) is 32.1 Å². The maximum absolute atomic E-state index is 12.3. The molecule has 26 heavy (non-hydrogen) atoms. The van der Waals surface area contributed by atoms with Crippen molar-refractivity contribution in [3.63, 3.8) is 0 Å². The van der Waals surface area contributed by atoms with Gasteiger partial charge in [-0.2, -0.15) is 0 Å². The molecule has 0 saturated heterocycles. The molecule has 6 heteroatoms. The molecule has 0 bridgehead atoms. The first kappa shape index (κ1) is 19.4. The zero-order valence-corrected chi connectivity index (χ0v) is 16.2. The number of carbonyl (C=O) groups excluding carboxylic acids is 1. The predicted octanol–water partition coefficient (Wildman–Crippen LogP) is 3.35. The molecule has 0 aromatic heterocycles. The van der Waals surface area contributed by atoms with E-state index < -0.39 is 0 Å². The maximum Gasteiger partial charge on any atom is 0.221 e. The second kappa shape index (κ2) is 10.1. The van der Waals surface area contributed by atoms with Crippen LogP contribution in [0.4, 0.5) is 0 Å². The molecule has 3 rings (SSSR count). The van der Waals surface area contributed by atoms with Crippen molar-refractivity contribution in [2.45, 2.75) is 55.9 Å². The molecule has 1 aliphatic carbocycles. The van der Waals surface area contributed by atoms with Crippen LogP contribution in [0.3, 0.4) is 0 Å². The van der Waals surface area contributed by atoms with E-state index in [9.17, 15) is 4.79 Å². The molecule has 1 heterocycles. The van der Waals surface area contributed by atoms with Crippen LogP contribution in [0.1, 0.15) is 44.9 Å². The van der Waals surface area contributed by atoms with Crippen LogP contribution in [0.25, 0.3) is 0 Å². The monoisotopic (exact) mass is 378 g/mol. The van der Waals surface area contributed by atoms with Gasteiger partial charge >= 0.3 is 0 Å². The summed E-state index contributed by atoms with van der Waals surface area (Å²) in [5, 5.41) is 3.16. The van der Waals surface area contributed by atoms with E-state index in [1.807, 2.05) is 18.2 Å². The minimum atomic E-state index is 0.105. The van der Waals surface area contributed by atoms with E-state index in [0.717, 1.165) is 28.6 Å². The molecule has 0 radical (unpaired) electrons. The van der Waals surface area contributed by atoms with Crippen LogP contribution < -0.4 is 20.5 Å². The molecule has 1 unspecified atom stereocenters. The number of hydrogen-bond donors (Lipinski definition) is 2. The summed E-state index contributed by atoms with van der Waals surface area (Å²) in [5.74, 6) is 3.01. The number of fused-ring (bicyclic) bond motifs is 1. The lowest BCUT2D eigenvalue weighted by atomic mass is 9.84. The Morgan fingerprint density at radius 3 is 2.69 bits per heavy atom. The van der Waals surface area contributed by atoms with Gasteiger partial charge in [0.25, 0.3) is 0 Å². The number of ether oxygens (including phenoxy) is 2. The lowest BCUT2D eigenvalue weighted by Crippen LogP contribution is -2.46. The first-order chi connectivity index (χ1) is 12.8. The lowest BCUT2D eigenvalue weighted by molar-refractivity contribution is -0.121. The van der Waals surface area contributed by atoms with Gasteiger partial charge in [-0.1, -0.05) is 19.3 Å². The molecule has 1 amide bonds. The summed E-state index contributed by atoms with van der Waals surface area (Å²) >= 11 is 1.67. The summed E-state index contributed by atoms with van der Waals surface area (Å²) in [4.78, 5) is 13.4. The van der Waals surface area contributed by atoms with Crippen LogP contribution >= 0.6 is 11.8 Å². The highest BCUT2D eigenvalue weighted by Gasteiger charge is 2.23. The van der Waals surface area contributed by atoms with E-state index in [-0.39, 0.29) is 11.9 Å². The molecule has 5 nitrogen and oxygen atoms in total. The van der Waals surface area contributed by atoms with Crippen LogP contribution in [0.2, 0.25) is 0 Å². The van der Waals surface area contributed by atoms with Gasteiger partial charge in [-0.3, -0.25) is 4.79 Å². The van der Waals surface area contributed by atoms with Gasteiger partial charge in [0.2, 0.25) is 5.91 Å². The van der Waals surface area contributed by atoms with E-state index in [0.29, 0.717) is 32.1 Å². The highest BCUT2D eigenvalue weighted by Crippen LogP contribution is 2.34. The number of thioether (sulfide) groups is 1. The minimum Gasteiger partial charge on any atom is -0.490 e. The van der Waals surface area contributed by atoms with Crippen LogP contribution in [-0.4, -0.2) is 37.5 Å². The molecule has 3 N–H and O–H groups in total. The normalized spacial score (nSPS) is 18.8. The Labute approximate surface area is 160 Å². The molecular formula is C20H30N2O3S. The number of amides is 1. The third-order valence-corrected chi connectivity index (χ3v) is 6.13. The van der Waals surface area contributed by atoms with Crippen molar-refractivity contribution in [2.24, 2.45) is 11.7 Å². The third kappa shape index (κ3) is 5.55. The van der Waals surface area contributed by atoms with Crippen molar-refractivity contribution < 1.29 is 14.3 Å². The number of benzene rings is 1. The van der Waals surface area contributed by atoms with Crippen molar-refractivity contribution in [3.05, 3.63) is 18.2 Å². The van der Waals surface area contributed by atoms with Crippen molar-refractivity contribution in [1.29, 1.82) is 0 Å². The minimum absolute atomic E-state index is 0.105. The quantitative estimate of drug-likeness (QED) is 0.712. The highest BCUT2D eigenvalue weighted by molar-refractivity contribution is 7.99. The highest BCUT2D eigenvalue weighted by atomic mass is 32.2. The third-order valence-electron chi connectivity index (χ3n) is 5.14. The van der Waals surface area contributed by atoms with Crippen molar-refractivity contribution in [2.75, 3.05) is 25.5 Å². The molecule has 1 saturated carbocycles. The summed E-state index contributed by atoms with van der Waals surface area (Å²) < 4.78 is 11.4. The number of rotatable bonds is 7. The molecular weight excluding hydrogens is 348 g/mol. The smallest absolute Gasteiger partial charge is 0.221 e. The van der Waals surface area contributed by atoms with Gasteiger partial charge in [-0.05, 0) is 37.0 Å². The van der Waals surface area contributed by atoms with Crippen molar-refractivity contribution in [1.82, 2.24) is 5.32 Å². The predicted molar refractivity (Wildman–Crippen MR) is 105 cm³/mol. The average molecular weight is 379 g/mol. The molecule has 1 fully saturated rings. The molecule has 1 aromatic carbocycles. The lowest BCUT2D eigenvalue weighted by Gasteiger charge is -2.30. The van der Waals surface area contributed by atoms with Crippen LogP contribution in [0.5, 0.6) is 11.5 Å². The summed E-state index contributed by atoms with van der Waals surface area (Å²) in [5.41, 5.74) is 5.90. The maximum atomic E-state index is 12.3. The van der Waals surface area contributed by atoms with Gasteiger partial charge in [-0.25, -0.2) is 0 Å². The Balaban J connectivity index is 1.43. The first-order valence-corrected chi connectivity index (χ1v) is 10.8. The summed E-state index contributed by atoms with van der Waals surface area (Å²) in [7, 11) is 0. The van der Waals surface area contributed by atoms with E-state index in [4.69, 9.17) is 15.2 Å². The molecule has 144 valence electrons. The van der Waals surface area contributed by atoms with Gasteiger partial charge in [0, 0.05) is 36.1 Å². The first-order valence-electron chi connectivity index (χ1n) is 9.78. The Morgan fingerprint density at radius 1 is 1.15 bits per heavy atom. The van der Waals surface area contributed by atoms with Crippen molar-refractivity contribution >= 4 is 17.7 Å². The molecule has 2 aliphatic rings. The summed E-state index contributed by atoms with van der Waals surface area (Å²) in [6.07, 6.45) is 7.62. The average Bonchev–Trinajstić information content (AvgIpc) is 2.92. The fourth-order valence-corrected chi connectivity index (χ4v) is 4.56. The van der Waals surface area contributed by atoms with Gasteiger partial charge in [0.05, 0.1) is 13.2 Å². The zero-order chi connectivity index (χ0) is 18.2. The molecule has 0 spiro atoms.